The molecule has 0 bridgehead atoms. The van der Waals surface area contributed by atoms with Gasteiger partial charge in [0.2, 0.25) is 5.91 Å². The molecule has 0 aliphatic carbocycles. The maximum atomic E-state index is 12.3. The van der Waals surface area contributed by atoms with E-state index in [0.717, 1.165) is 12.8 Å². The molecule has 0 aromatic heterocycles. The van der Waals surface area contributed by atoms with Crippen molar-refractivity contribution in [3.63, 3.8) is 0 Å². The molecule has 2 saturated heterocycles. The predicted octanol–water partition coefficient (Wildman–Crippen LogP) is 1.70. The van der Waals surface area contributed by atoms with Crippen molar-refractivity contribution in [1.82, 2.24) is 14.7 Å². The van der Waals surface area contributed by atoms with E-state index >= 15 is 0 Å². The monoisotopic (exact) mass is 412 g/mol. The third-order valence-electron chi connectivity index (χ3n) is 4.81. The number of piperazine rings is 1. The molecule has 27 heavy (non-hydrogen) atoms. The highest BCUT2D eigenvalue weighted by Crippen LogP contribution is 2.25. The number of rotatable bonds is 3. The average Bonchev–Trinajstić information content (AvgIpc) is 3.18. The molecule has 2 aliphatic rings. The van der Waals surface area contributed by atoms with Crippen LogP contribution < -0.4 is 5.32 Å². The zero-order chi connectivity index (χ0) is 19.4. The van der Waals surface area contributed by atoms with Gasteiger partial charge < -0.3 is 15.1 Å². The first-order chi connectivity index (χ1) is 12.9. The van der Waals surface area contributed by atoms with E-state index in [1.165, 1.54) is 0 Å². The fourth-order valence-corrected chi connectivity index (χ4v) is 3.74. The zero-order valence-electron chi connectivity index (χ0n) is 14.9. The van der Waals surface area contributed by atoms with Crippen molar-refractivity contribution in [2.45, 2.75) is 12.8 Å². The molecule has 0 atom stereocenters. The first-order valence-corrected chi connectivity index (χ1v) is 9.75. The summed E-state index contributed by atoms with van der Waals surface area (Å²) in [6.45, 7) is 3.49. The van der Waals surface area contributed by atoms with Crippen molar-refractivity contribution in [2.24, 2.45) is 0 Å². The maximum absolute atomic E-state index is 12.3. The lowest BCUT2D eigenvalue weighted by Gasteiger charge is -2.34. The van der Waals surface area contributed by atoms with Crippen LogP contribution >= 0.6 is 23.2 Å². The topological polar surface area (TPSA) is 73.0 Å². The lowest BCUT2D eigenvalue weighted by Crippen LogP contribution is -2.54. The number of carbonyl (C=O) groups is 3. The van der Waals surface area contributed by atoms with E-state index in [1.807, 2.05) is 4.90 Å². The Morgan fingerprint density at radius 3 is 2.07 bits per heavy atom. The van der Waals surface area contributed by atoms with Crippen LogP contribution in [0.5, 0.6) is 0 Å². The lowest BCUT2D eigenvalue weighted by molar-refractivity contribution is -0.152. The summed E-state index contributed by atoms with van der Waals surface area (Å²) in [5.74, 6) is -1.03. The number of halogens is 2. The van der Waals surface area contributed by atoms with Gasteiger partial charge in [0, 0.05) is 44.3 Å². The molecule has 1 aromatic carbocycles. The van der Waals surface area contributed by atoms with Crippen molar-refractivity contribution in [3.05, 3.63) is 28.2 Å². The van der Waals surface area contributed by atoms with Crippen LogP contribution in [-0.4, -0.2) is 78.2 Å². The largest absolute Gasteiger partial charge is 0.334 e. The van der Waals surface area contributed by atoms with Gasteiger partial charge in [0.05, 0.1) is 17.3 Å². The molecule has 0 radical (unpaired) electrons. The summed E-state index contributed by atoms with van der Waals surface area (Å²) < 4.78 is 0. The minimum absolute atomic E-state index is 0.188. The molecule has 0 spiro atoms. The summed E-state index contributed by atoms with van der Waals surface area (Å²) in [7, 11) is 0. The average molecular weight is 413 g/mol. The van der Waals surface area contributed by atoms with E-state index in [0.29, 0.717) is 55.0 Å². The summed E-state index contributed by atoms with van der Waals surface area (Å²) in [5.41, 5.74) is 0.510. The molecule has 1 N–H and O–H groups in total. The molecule has 3 rings (SSSR count). The number of hydrogen-bond acceptors (Lipinski definition) is 4. The maximum Gasteiger partial charge on any atom is 0.312 e. The second-order valence-electron chi connectivity index (χ2n) is 6.74. The lowest BCUT2D eigenvalue weighted by atomic mass is 10.2. The first kappa shape index (κ1) is 19.9. The summed E-state index contributed by atoms with van der Waals surface area (Å²) in [5, 5.41) is 3.64. The number of hydrogen-bond donors (Lipinski definition) is 1. The molecule has 0 unspecified atom stereocenters. The number of anilines is 1. The van der Waals surface area contributed by atoms with Crippen LogP contribution in [0.25, 0.3) is 0 Å². The Balaban J connectivity index is 1.45. The molecular formula is C18H22Cl2N4O3. The Morgan fingerprint density at radius 2 is 1.48 bits per heavy atom. The second kappa shape index (κ2) is 8.91. The van der Waals surface area contributed by atoms with Gasteiger partial charge in [-0.15, -0.1) is 0 Å². The Labute approximate surface area is 168 Å². The van der Waals surface area contributed by atoms with Crippen molar-refractivity contribution >= 4 is 46.6 Å². The quantitative estimate of drug-likeness (QED) is 0.766. The minimum Gasteiger partial charge on any atom is -0.334 e. The van der Waals surface area contributed by atoms with Crippen LogP contribution in [0.2, 0.25) is 10.0 Å². The Morgan fingerprint density at radius 1 is 0.889 bits per heavy atom. The van der Waals surface area contributed by atoms with Crippen LogP contribution in [0.1, 0.15) is 12.8 Å². The zero-order valence-corrected chi connectivity index (χ0v) is 16.4. The molecular weight excluding hydrogens is 391 g/mol. The van der Waals surface area contributed by atoms with Gasteiger partial charge in [-0.05, 0) is 31.0 Å². The van der Waals surface area contributed by atoms with Gasteiger partial charge in [0.1, 0.15) is 0 Å². The van der Waals surface area contributed by atoms with Crippen LogP contribution in [0, 0.1) is 0 Å². The molecule has 2 fully saturated rings. The van der Waals surface area contributed by atoms with Crippen molar-refractivity contribution in [3.8, 4) is 0 Å². The van der Waals surface area contributed by atoms with Crippen LogP contribution in [-0.2, 0) is 14.4 Å². The van der Waals surface area contributed by atoms with Crippen LogP contribution in [0.3, 0.4) is 0 Å². The fourth-order valence-electron chi connectivity index (χ4n) is 3.28. The highest BCUT2D eigenvalue weighted by Gasteiger charge is 2.31. The first-order valence-electron chi connectivity index (χ1n) is 8.99. The van der Waals surface area contributed by atoms with Crippen LogP contribution in [0.15, 0.2) is 18.2 Å². The molecule has 9 heteroatoms. The van der Waals surface area contributed by atoms with Gasteiger partial charge in [-0.2, -0.15) is 0 Å². The number of benzene rings is 1. The van der Waals surface area contributed by atoms with E-state index < -0.39 is 11.8 Å². The molecule has 2 aliphatic heterocycles. The second-order valence-corrected chi connectivity index (χ2v) is 7.58. The number of nitrogens with zero attached hydrogens (tertiary/aromatic N) is 3. The van der Waals surface area contributed by atoms with E-state index in [2.05, 4.69) is 5.32 Å². The molecule has 7 nitrogen and oxygen atoms in total. The summed E-state index contributed by atoms with van der Waals surface area (Å²) in [4.78, 5) is 41.9. The molecule has 1 aromatic rings. The van der Waals surface area contributed by atoms with Crippen molar-refractivity contribution < 1.29 is 14.4 Å². The summed E-state index contributed by atoms with van der Waals surface area (Å²) >= 11 is 11.9. The number of likely N-dealkylation sites (tertiary alicyclic amines) is 1. The van der Waals surface area contributed by atoms with Gasteiger partial charge in [0.25, 0.3) is 0 Å². The van der Waals surface area contributed by atoms with E-state index in [9.17, 15) is 14.4 Å². The highest BCUT2D eigenvalue weighted by molar-refractivity contribution is 6.36. The number of nitrogens with one attached hydrogen (secondary N) is 1. The third-order valence-corrected chi connectivity index (χ3v) is 5.36. The van der Waals surface area contributed by atoms with Crippen LogP contribution in [0.4, 0.5) is 5.69 Å². The third kappa shape index (κ3) is 5.12. The van der Waals surface area contributed by atoms with E-state index in [1.54, 1.807) is 28.0 Å². The summed E-state index contributed by atoms with van der Waals surface area (Å²) in [6, 6.07) is 4.88. The number of carbonyl (C=O) groups excluding carboxylic acids is 3. The van der Waals surface area contributed by atoms with Gasteiger partial charge in [-0.3, -0.25) is 19.3 Å². The van der Waals surface area contributed by atoms with Gasteiger partial charge in [-0.1, -0.05) is 23.2 Å². The smallest absolute Gasteiger partial charge is 0.312 e. The van der Waals surface area contributed by atoms with Crippen molar-refractivity contribution in [2.75, 3.05) is 51.1 Å². The van der Waals surface area contributed by atoms with Gasteiger partial charge in [0.15, 0.2) is 0 Å². The Hall–Kier alpha value is -1.83. The highest BCUT2D eigenvalue weighted by atomic mass is 35.5. The molecule has 2 heterocycles. The Bertz CT molecular complexity index is 729. The van der Waals surface area contributed by atoms with Gasteiger partial charge in [-0.25, -0.2) is 0 Å². The fraction of sp³-hybridized carbons (Fsp3) is 0.500. The predicted molar refractivity (Wildman–Crippen MR) is 104 cm³/mol. The summed E-state index contributed by atoms with van der Waals surface area (Å²) in [6.07, 6.45) is 1.92. The van der Waals surface area contributed by atoms with E-state index in [4.69, 9.17) is 23.2 Å². The standard InChI is InChI=1S/C18H22Cl2N4O3/c19-13-3-4-15(14(20)11-13)21-16(25)12-22-7-9-24(10-8-22)18(27)17(26)23-5-1-2-6-23/h3-4,11H,1-2,5-10,12H2,(H,21,25). The number of amides is 3. The van der Waals surface area contributed by atoms with Gasteiger partial charge >= 0.3 is 11.8 Å². The molecule has 0 saturated carbocycles. The molecule has 146 valence electrons. The normalized spacial score (nSPS) is 17.9. The SMILES string of the molecule is O=C(CN1CCN(C(=O)C(=O)N2CCCC2)CC1)Nc1ccc(Cl)cc1Cl. The van der Waals surface area contributed by atoms with Crippen molar-refractivity contribution in [1.29, 1.82) is 0 Å². The van der Waals surface area contributed by atoms with E-state index in [-0.39, 0.29) is 12.5 Å². The Kier molecular flexibility index (Phi) is 6.57. The molecule has 3 amide bonds. The minimum atomic E-state index is -0.436.